The molecule has 6 N–H and O–H groups in total. The first kappa shape index (κ1) is 18.1. The summed E-state index contributed by atoms with van der Waals surface area (Å²) < 4.78 is 0. The number of urea groups is 1. The van der Waals surface area contributed by atoms with Crippen molar-refractivity contribution in [3.05, 3.63) is 25.3 Å². The first-order valence-corrected chi connectivity index (χ1v) is 3.54. The summed E-state index contributed by atoms with van der Waals surface area (Å²) in [5, 5.41) is 15.6. The number of hydrogen-bond acceptors (Lipinski definition) is 3. The Morgan fingerprint density at radius 1 is 1.29 bits per heavy atom. The van der Waals surface area contributed by atoms with Gasteiger partial charge in [-0.3, -0.25) is 0 Å². The summed E-state index contributed by atoms with van der Waals surface area (Å²) in [4.78, 5) is 18.2. The van der Waals surface area contributed by atoms with E-state index in [9.17, 15) is 4.79 Å². The molecular weight excluding hydrogens is 188 g/mol. The Bertz CT molecular complexity index is 176. The largest absolute Gasteiger partial charge is 0.478 e. The second kappa shape index (κ2) is 17.3. The van der Waals surface area contributed by atoms with Gasteiger partial charge in [0, 0.05) is 12.7 Å². The second-order valence-corrected chi connectivity index (χ2v) is 1.75. The Labute approximate surface area is 82.5 Å². The number of carbonyl (C=O) groups is 2. The van der Waals surface area contributed by atoms with E-state index in [1.54, 1.807) is 6.08 Å². The van der Waals surface area contributed by atoms with Crippen molar-refractivity contribution in [1.82, 2.24) is 0 Å². The molecule has 0 saturated heterocycles. The monoisotopic (exact) mass is 204 g/mol. The van der Waals surface area contributed by atoms with Gasteiger partial charge in [0.25, 0.3) is 0 Å². The molecular formula is C8H16N2O4. The van der Waals surface area contributed by atoms with Crippen LogP contribution in [0.2, 0.25) is 0 Å². The van der Waals surface area contributed by atoms with Crippen LogP contribution in [0.3, 0.4) is 0 Å². The van der Waals surface area contributed by atoms with Crippen LogP contribution in [-0.2, 0) is 4.79 Å². The zero-order valence-electron chi connectivity index (χ0n) is 7.85. The van der Waals surface area contributed by atoms with Crippen molar-refractivity contribution < 1.29 is 19.8 Å². The van der Waals surface area contributed by atoms with Gasteiger partial charge in [-0.15, -0.1) is 6.58 Å². The molecule has 0 aromatic carbocycles. The number of nitrogens with two attached hydrogens (primary N) is 2. The minimum Gasteiger partial charge on any atom is -0.478 e. The highest BCUT2D eigenvalue weighted by Gasteiger charge is 1.73. The van der Waals surface area contributed by atoms with E-state index in [1.807, 2.05) is 0 Å². The zero-order valence-corrected chi connectivity index (χ0v) is 7.85. The van der Waals surface area contributed by atoms with E-state index >= 15 is 0 Å². The first-order valence-electron chi connectivity index (χ1n) is 3.54. The highest BCUT2D eigenvalue weighted by atomic mass is 16.4. The number of carboxylic acid groups (broad SMARTS) is 1. The highest BCUT2D eigenvalue weighted by molar-refractivity contribution is 5.78. The number of carboxylic acids is 1. The van der Waals surface area contributed by atoms with Gasteiger partial charge in [0.2, 0.25) is 0 Å². The molecule has 14 heavy (non-hydrogen) atoms. The number of aliphatic hydroxyl groups excluding tert-OH is 1. The topological polar surface area (TPSA) is 127 Å². The zero-order chi connectivity index (χ0) is 12.0. The molecule has 0 spiro atoms. The summed E-state index contributed by atoms with van der Waals surface area (Å²) in [5.74, 6) is -0.981. The van der Waals surface area contributed by atoms with Crippen LogP contribution in [0.25, 0.3) is 0 Å². The maximum Gasteiger partial charge on any atom is 0.327 e. The van der Waals surface area contributed by atoms with Gasteiger partial charge in [-0.25, -0.2) is 9.59 Å². The van der Waals surface area contributed by atoms with Gasteiger partial charge in [-0.05, 0) is 6.42 Å². The molecule has 6 nitrogen and oxygen atoms in total. The van der Waals surface area contributed by atoms with Crippen molar-refractivity contribution in [2.75, 3.05) is 6.61 Å². The quantitative estimate of drug-likeness (QED) is 0.376. The number of aliphatic hydroxyl groups is 1. The van der Waals surface area contributed by atoms with Crippen molar-refractivity contribution in [2.24, 2.45) is 11.5 Å². The molecule has 0 bridgehead atoms. The molecule has 0 radical (unpaired) electrons. The highest BCUT2D eigenvalue weighted by Crippen LogP contribution is 1.69. The molecule has 0 aromatic heterocycles. The standard InChI is InChI=1S/C4H8O.C3H4O2.CH4N2O/c1-2-3-4-5;1-2-3(4)5;2-1(3)4/h2,5H,1,3-4H2;2H,1H2,(H,4,5);(H4,2,3,4). The number of primary amides is 2. The summed E-state index contributed by atoms with van der Waals surface area (Å²) >= 11 is 0. The van der Waals surface area contributed by atoms with E-state index < -0.39 is 12.0 Å². The third-order valence-corrected chi connectivity index (χ3v) is 0.508. The SMILES string of the molecule is C=CC(=O)O.C=CCCO.NC(N)=O. The predicted molar refractivity (Wildman–Crippen MR) is 53.5 cm³/mol. The molecule has 0 aliphatic heterocycles. The Hall–Kier alpha value is -1.82. The lowest BCUT2D eigenvalue weighted by molar-refractivity contribution is -0.131. The van der Waals surface area contributed by atoms with Crippen molar-refractivity contribution >= 4 is 12.0 Å². The average molecular weight is 204 g/mol. The lowest BCUT2D eigenvalue weighted by Gasteiger charge is -1.73. The molecule has 0 heterocycles. The molecule has 0 aromatic rings. The van der Waals surface area contributed by atoms with E-state index in [1.165, 1.54) is 0 Å². The van der Waals surface area contributed by atoms with Crippen LogP contribution in [0, 0.1) is 0 Å². The normalized spacial score (nSPS) is 6.64. The van der Waals surface area contributed by atoms with Gasteiger partial charge >= 0.3 is 12.0 Å². The van der Waals surface area contributed by atoms with Crippen molar-refractivity contribution in [3.8, 4) is 0 Å². The van der Waals surface area contributed by atoms with E-state index in [2.05, 4.69) is 24.6 Å². The maximum absolute atomic E-state index is 9.25. The van der Waals surface area contributed by atoms with Crippen LogP contribution in [0.5, 0.6) is 0 Å². The Kier molecular flexibility index (Phi) is 22.3. The predicted octanol–water partition coefficient (Wildman–Crippen LogP) is -0.164. The number of carbonyl (C=O) groups excluding carboxylic acids is 1. The molecule has 0 rings (SSSR count). The lowest BCUT2D eigenvalue weighted by Crippen LogP contribution is -2.18. The molecule has 0 unspecified atom stereocenters. The number of rotatable bonds is 3. The van der Waals surface area contributed by atoms with Crippen molar-refractivity contribution in [3.63, 3.8) is 0 Å². The Morgan fingerprint density at radius 2 is 1.57 bits per heavy atom. The summed E-state index contributed by atoms with van der Waals surface area (Å²) in [6, 6.07) is -0.833. The van der Waals surface area contributed by atoms with E-state index in [-0.39, 0.29) is 6.61 Å². The minimum atomic E-state index is -0.981. The lowest BCUT2D eigenvalue weighted by atomic mass is 10.5. The summed E-state index contributed by atoms with van der Waals surface area (Å²) in [7, 11) is 0. The Morgan fingerprint density at radius 3 is 1.57 bits per heavy atom. The van der Waals surface area contributed by atoms with Crippen LogP contribution >= 0.6 is 0 Å². The van der Waals surface area contributed by atoms with Gasteiger partial charge in [0.15, 0.2) is 0 Å². The molecule has 6 heteroatoms. The molecule has 0 atom stereocenters. The fourth-order valence-electron chi connectivity index (χ4n) is 0.0913. The van der Waals surface area contributed by atoms with Gasteiger partial charge < -0.3 is 21.7 Å². The number of aliphatic carboxylic acids is 1. The van der Waals surface area contributed by atoms with E-state index in [0.717, 1.165) is 6.08 Å². The smallest absolute Gasteiger partial charge is 0.327 e. The third-order valence-electron chi connectivity index (χ3n) is 0.508. The minimum absolute atomic E-state index is 0.226. The summed E-state index contributed by atoms with van der Waals surface area (Å²) in [6.07, 6.45) is 3.22. The maximum atomic E-state index is 9.25. The Balaban J connectivity index is -0.000000131. The van der Waals surface area contributed by atoms with Gasteiger partial charge in [-0.1, -0.05) is 12.7 Å². The number of amides is 2. The van der Waals surface area contributed by atoms with Gasteiger partial charge in [0.1, 0.15) is 0 Å². The molecule has 0 saturated carbocycles. The van der Waals surface area contributed by atoms with Crippen molar-refractivity contribution in [1.29, 1.82) is 0 Å². The first-order chi connectivity index (χ1) is 6.42. The second-order valence-electron chi connectivity index (χ2n) is 1.75. The third kappa shape index (κ3) is 181. The molecule has 0 aliphatic rings. The molecule has 2 amide bonds. The van der Waals surface area contributed by atoms with Crippen LogP contribution in [0.1, 0.15) is 6.42 Å². The van der Waals surface area contributed by atoms with E-state index in [0.29, 0.717) is 6.42 Å². The van der Waals surface area contributed by atoms with Crippen LogP contribution in [0.15, 0.2) is 25.3 Å². The summed E-state index contributed by atoms with van der Waals surface area (Å²) in [5.41, 5.74) is 8.50. The van der Waals surface area contributed by atoms with Crippen LogP contribution in [-0.4, -0.2) is 28.8 Å². The van der Waals surface area contributed by atoms with Crippen LogP contribution in [0.4, 0.5) is 4.79 Å². The summed E-state index contributed by atoms with van der Waals surface area (Å²) in [6.45, 7) is 6.58. The number of hydrogen-bond donors (Lipinski definition) is 4. The molecule has 0 aliphatic carbocycles. The molecule has 82 valence electrons. The fraction of sp³-hybridized carbons (Fsp3) is 0.250. The van der Waals surface area contributed by atoms with Gasteiger partial charge in [0.05, 0.1) is 0 Å². The van der Waals surface area contributed by atoms with Gasteiger partial charge in [-0.2, -0.15) is 0 Å². The van der Waals surface area contributed by atoms with E-state index in [4.69, 9.17) is 15.0 Å². The van der Waals surface area contributed by atoms with Crippen LogP contribution < -0.4 is 11.5 Å². The molecule has 0 fully saturated rings. The average Bonchev–Trinajstić information content (AvgIpc) is 2.06. The fourth-order valence-corrected chi connectivity index (χ4v) is 0.0913. The van der Waals surface area contributed by atoms with Crippen molar-refractivity contribution in [2.45, 2.75) is 6.42 Å².